The van der Waals surface area contributed by atoms with E-state index in [1.807, 2.05) is 13.1 Å². The lowest BCUT2D eigenvalue weighted by atomic mass is 10.0. The summed E-state index contributed by atoms with van der Waals surface area (Å²) < 4.78 is 0. The molecule has 2 N–H and O–H groups in total. The molecule has 0 fully saturated rings. The fourth-order valence-corrected chi connectivity index (χ4v) is 1.77. The van der Waals surface area contributed by atoms with Gasteiger partial charge in [0.15, 0.2) is 0 Å². The van der Waals surface area contributed by atoms with Gasteiger partial charge < -0.3 is 10.6 Å². The number of hydrogen-bond acceptors (Lipinski definition) is 4. The minimum absolute atomic E-state index is 0.441. The molecule has 0 aliphatic heterocycles. The van der Waals surface area contributed by atoms with Crippen LogP contribution in [0.3, 0.4) is 0 Å². The van der Waals surface area contributed by atoms with Crippen LogP contribution in [0.5, 0.6) is 0 Å². The molecular formula is C14H26N4. The summed E-state index contributed by atoms with van der Waals surface area (Å²) >= 11 is 0. The van der Waals surface area contributed by atoms with Crippen molar-refractivity contribution in [1.29, 1.82) is 0 Å². The molecule has 0 aliphatic carbocycles. The van der Waals surface area contributed by atoms with Gasteiger partial charge in [-0.1, -0.05) is 20.8 Å². The van der Waals surface area contributed by atoms with Crippen LogP contribution in [-0.2, 0) is 6.42 Å². The lowest BCUT2D eigenvalue weighted by molar-refractivity contribution is 0.527. The largest absolute Gasteiger partial charge is 0.373 e. The Morgan fingerprint density at radius 2 is 1.78 bits per heavy atom. The Labute approximate surface area is 111 Å². The van der Waals surface area contributed by atoms with E-state index in [1.54, 1.807) is 0 Å². The van der Waals surface area contributed by atoms with Crippen molar-refractivity contribution in [1.82, 2.24) is 9.97 Å². The van der Waals surface area contributed by atoms with Crippen LogP contribution < -0.4 is 10.6 Å². The van der Waals surface area contributed by atoms with Crippen LogP contribution >= 0.6 is 0 Å². The van der Waals surface area contributed by atoms with E-state index in [4.69, 9.17) is 0 Å². The third-order valence-corrected chi connectivity index (χ3v) is 2.92. The predicted molar refractivity (Wildman–Crippen MR) is 78.1 cm³/mol. The maximum absolute atomic E-state index is 4.50. The first kappa shape index (κ1) is 14.7. The van der Waals surface area contributed by atoms with Crippen LogP contribution in [0.15, 0.2) is 6.07 Å². The van der Waals surface area contributed by atoms with Crippen LogP contribution in [0, 0.1) is 5.92 Å². The van der Waals surface area contributed by atoms with Crippen molar-refractivity contribution in [2.75, 3.05) is 17.7 Å². The SMILES string of the molecule is CCc1nc(NC)cc(NC(C)CCC(C)C)n1. The first-order valence-electron chi connectivity index (χ1n) is 6.87. The predicted octanol–water partition coefficient (Wildman–Crippen LogP) is 3.32. The molecule has 4 heteroatoms. The molecule has 0 aromatic carbocycles. The van der Waals surface area contributed by atoms with Crippen molar-refractivity contribution in [3.05, 3.63) is 11.9 Å². The number of anilines is 2. The highest BCUT2D eigenvalue weighted by Gasteiger charge is 2.07. The molecule has 0 bridgehead atoms. The Morgan fingerprint density at radius 1 is 1.11 bits per heavy atom. The average molecular weight is 250 g/mol. The standard InChI is InChI=1S/C14H26N4/c1-6-12-17-13(15-5)9-14(18-12)16-11(4)8-7-10(2)3/h9-11H,6-8H2,1-5H3,(H2,15,16,17,18). The number of aryl methyl sites for hydroxylation is 1. The van der Waals surface area contributed by atoms with Crippen molar-refractivity contribution in [3.63, 3.8) is 0 Å². The molecule has 0 radical (unpaired) electrons. The van der Waals surface area contributed by atoms with Crippen LogP contribution in [0.1, 0.15) is 46.4 Å². The Morgan fingerprint density at radius 3 is 2.33 bits per heavy atom. The molecule has 1 aromatic rings. The third kappa shape index (κ3) is 4.90. The molecule has 0 aliphatic rings. The fraction of sp³-hybridized carbons (Fsp3) is 0.714. The molecule has 1 unspecified atom stereocenters. The van der Waals surface area contributed by atoms with E-state index in [0.29, 0.717) is 6.04 Å². The van der Waals surface area contributed by atoms with E-state index < -0.39 is 0 Å². The molecule has 1 atom stereocenters. The quantitative estimate of drug-likeness (QED) is 0.779. The number of nitrogens with one attached hydrogen (secondary N) is 2. The highest BCUT2D eigenvalue weighted by atomic mass is 15.1. The van der Waals surface area contributed by atoms with Gasteiger partial charge in [0.1, 0.15) is 17.5 Å². The molecule has 0 amide bonds. The van der Waals surface area contributed by atoms with Gasteiger partial charge in [0.05, 0.1) is 0 Å². The van der Waals surface area contributed by atoms with E-state index in [1.165, 1.54) is 6.42 Å². The zero-order chi connectivity index (χ0) is 13.5. The van der Waals surface area contributed by atoms with Crippen molar-refractivity contribution in [2.24, 2.45) is 5.92 Å². The minimum atomic E-state index is 0.441. The highest BCUT2D eigenvalue weighted by molar-refractivity contribution is 5.47. The first-order chi connectivity index (χ1) is 8.55. The Bertz CT molecular complexity index is 341. The molecule has 4 nitrogen and oxygen atoms in total. The Balaban J connectivity index is 2.65. The van der Waals surface area contributed by atoms with Gasteiger partial charge in [0.25, 0.3) is 0 Å². The van der Waals surface area contributed by atoms with Crippen molar-refractivity contribution < 1.29 is 0 Å². The topological polar surface area (TPSA) is 49.8 Å². The van der Waals surface area contributed by atoms with E-state index in [9.17, 15) is 0 Å². The zero-order valence-corrected chi connectivity index (χ0v) is 12.2. The molecule has 18 heavy (non-hydrogen) atoms. The van der Waals surface area contributed by atoms with Gasteiger partial charge in [-0.3, -0.25) is 0 Å². The number of aromatic nitrogens is 2. The van der Waals surface area contributed by atoms with Crippen LogP contribution in [-0.4, -0.2) is 23.1 Å². The molecule has 1 heterocycles. The van der Waals surface area contributed by atoms with Gasteiger partial charge in [-0.05, 0) is 25.7 Å². The van der Waals surface area contributed by atoms with Crippen LogP contribution in [0.25, 0.3) is 0 Å². The fourth-order valence-electron chi connectivity index (χ4n) is 1.77. The summed E-state index contributed by atoms with van der Waals surface area (Å²) in [5, 5.41) is 6.53. The van der Waals surface area contributed by atoms with E-state index in [2.05, 4.69) is 48.3 Å². The number of nitrogens with zero attached hydrogens (tertiary/aromatic N) is 2. The summed E-state index contributed by atoms with van der Waals surface area (Å²) in [6, 6.07) is 2.40. The molecular weight excluding hydrogens is 224 g/mol. The van der Waals surface area contributed by atoms with Gasteiger partial charge in [-0.2, -0.15) is 0 Å². The zero-order valence-electron chi connectivity index (χ0n) is 12.2. The lowest BCUT2D eigenvalue weighted by Crippen LogP contribution is -2.17. The van der Waals surface area contributed by atoms with Gasteiger partial charge in [-0.25, -0.2) is 9.97 Å². The third-order valence-electron chi connectivity index (χ3n) is 2.92. The van der Waals surface area contributed by atoms with E-state index >= 15 is 0 Å². The summed E-state index contributed by atoms with van der Waals surface area (Å²) in [4.78, 5) is 8.89. The van der Waals surface area contributed by atoms with Crippen LogP contribution in [0.4, 0.5) is 11.6 Å². The monoisotopic (exact) mass is 250 g/mol. The lowest BCUT2D eigenvalue weighted by Gasteiger charge is -2.16. The molecule has 1 aromatic heterocycles. The molecule has 102 valence electrons. The van der Waals surface area contributed by atoms with Gasteiger partial charge in [-0.15, -0.1) is 0 Å². The second-order valence-electron chi connectivity index (χ2n) is 5.17. The highest BCUT2D eigenvalue weighted by Crippen LogP contribution is 2.15. The second-order valence-corrected chi connectivity index (χ2v) is 5.17. The average Bonchev–Trinajstić information content (AvgIpc) is 2.35. The van der Waals surface area contributed by atoms with E-state index in [-0.39, 0.29) is 0 Å². The summed E-state index contributed by atoms with van der Waals surface area (Å²) in [5.74, 6) is 3.42. The summed E-state index contributed by atoms with van der Waals surface area (Å²) in [6.45, 7) is 8.79. The number of hydrogen-bond donors (Lipinski definition) is 2. The second kappa shape index (κ2) is 7.19. The first-order valence-corrected chi connectivity index (χ1v) is 6.87. The maximum Gasteiger partial charge on any atom is 0.132 e. The van der Waals surface area contributed by atoms with Gasteiger partial charge in [0.2, 0.25) is 0 Å². The summed E-state index contributed by atoms with van der Waals surface area (Å²) in [6.07, 6.45) is 3.25. The normalized spacial score (nSPS) is 12.6. The maximum atomic E-state index is 4.50. The van der Waals surface area contributed by atoms with Crippen molar-refractivity contribution in [3.8, 4) is 0 Å². The molecule has 1 rings (SSSR count). The molecule has 0 saturated heterocycles. The Kier molecular flexibility index (Phi) is 5.89. The van der Waals surface area contributed by atoms with Gasteiger partial charge >= 0.3 is 0 Å². The number of rotatable bonds is 7. The summed E-state index contributed by atoms with van der Waals surface area (Å²) in [7, 11) is 1.88. The molecule has 0 spiro atoms. The van der Waals surface area contributed by atoms with Crippen molar-refractivity contribution in [2.45, 2.75) is 53.0 Å². The van der Waals surface area contributed by atoms with Crippen molar-refractivity contribution >= 4 is 11.6 Å². The summed E-state index contributed by atoms with van der Waals surface area (Å²) in [5.41, 5.74) is 0. The van der Waals surface area contributed by atoms with E-state index in [0.717, 1.165) is 36.2 Å². The van der Waals surface area contributed by atoms with Gasteiger partial charge in [0, 0.05) is 25.6 Å². The minimum Gasteiger partial charge on any atom is -0.373 e. The Hall–Kier alpha value is -1.32. The van der Waals surface area contributed by atoms with Crippen LogP contribution in [0.2, 0.25) is 0 Å². The molecule has 0 saturated carbocycles. The smallest absolute Gasteiger partial charge is 0.132 e.